The first kappa shape index (κ1) is 15.2. The second kappa shape index (κ2) is 5.83. The van der Waals surface area contributed by atoms with Gasteiger partial charge in [-0.25, -0.2) is 0 Å². The fourth-order valence-corrected chi connectivity index (χ4v) is 2.59. The number of amides is 1. The Bertz CT molecular complexity index is 801. The molecule has 3 aromatic rings. The third kappa shape index (κ3) is 2.81. The maximum Gasteiger partial charge on any atom is 0.245 e. The minimum absolute atomic E-state index is 0.0762. The number of rotatable bonds is 4. The highest BCUT2D eigenvalue weighted by molar-refractivity contribution is 5.82. The highest BCUT2D eigenvalue weighted by atomic mass is 16.2. The Labute approximate surface area is 134 Å². The van der Waals surface area contributed by atoms with Crippen LogP contribution in [0.25, 0.3) is 11.0 Å². The van der Waals surface area contributed by atoms with Crippen LogP contribution in [0.5, 0.6) is 0 Å². The van der Waals surface area contributed by atoms with Crippen LogP contribution >= 0.6 is 0 Å². The summed E-state index contributed by atoms with van der Waals surface area (Å²) in [6.45, 7) is 5.70. The van der Waals surface area contributed by atoms with Crippen molar-refractivity contribution in [1.29, 1.82) is 0 Å². The fourth-order valence-electron chi connectivity index (χ4n) is 2.59. The van der Waals surface area contributed by atoms with Crippen molar-refractivity contribution in [3.05, 3.63) is 42.0 Å². The Balaban J connectivity index is 1.77. The van der Waals surface area contributed by atoms with E-state index < -0.39 is 6.04 Å². The molecular formula is C16H20N6O. The molecule has 0 spiro atoms. The molecule has 120 valence electrons. The van der Waals surface area contributed by atoms with Gasteiger partial charge in [-0.1, -0.05) is 0 Å². The molecular weight excluding hydrogens is 292 g/mol. The van der Waals surface area contributed by atoms with Gasteiger partial charge in [0.25, 0.3) is 0 Å². The standard InChI is InChI=1S/C16H20N6O/c1-10(13-5-7-17-8-6-13)18-16(23)12(3)22-9-14-15(20-22)11(2)19-21(14)4/h5-10,12H,1-4H3,(H,18,23)/t10-,12+/m1/s1. The van der Waals surface area contributed by atoms with E-state index in [1.807, 2.05) is 46.1 Å². The number of fused-ring (bicyclic) bond motifs is 1. The molecule has 2 atom stereocenters. The number of pyridine rings is 1. The number of nitrogens with one attached hydrogen (secondary N) is 1. The summed E-state index contributed by atoms with van der Waals surface area (Å²) in [5.74, 6) is -0.0762. The second-order valence-corrected chi connectivity index (χ2v) is 5.74. The lowest BCUT2D eigenvalue weighted by atomic mass is 10.1. The number of aromatic nitrogens is 5. The van der Waals surface area contributed by atoms with Gasteiger partial charge in [0.05, 0.1) is 17.9 Å². The molecule has 3 rings (SSSR count). The van der Waals surface area contributed by atoms with Crippen LogP contribution < -0.4 is 5.32 Å². The molecule has 7 nitrogen and oxygen atoms in total. The van der Waals surface area contributed by atoms with E-state index in [9.17, 15) is 4.79 Å². The molecule has 3 aromatic heterocycles. The minimum Gasteiger partial charge on any atom is -0.348 e. The summed E-state index contributed by atoms with van der Waals surface area (Å²) >= 11 is 0. The second-order valence-electron chi connectivity index (χ2n) is 5.74. The quantitative estimate of drug-likeness (QED) is 0.798. The van der Waals surface area contributed by atoms with Crippen LogP contribution in [0.15, 0.2) is 30.7 Å². The molecule has 0 radical (unpaired) electrons. The molecule has 0 saturated heterocycles. The lowest BCUT2D eigenvalue weighted by Gasteiger charge is -2.18. The van der Waals surface area contributed by atoms with Crippen LogP contribution in [0, 0.1) is 6.92 Å². The zero-order valence-corrected chi connectivity index (χ0v) is 13.7. The zero-order valence-electron chi connectivity index (χ0n) is 13.7. The SMILES string of the molecule is Cc1nn(C)c2cn([C@@H](C)C(=O)N[C@H](C)c3ccncc3)nc12. The Kier molecular flexibility index (Phi) is 3.85. The van der Waals surface area contributed by atoms with Crippen molar-refractivity contribution in [2.45, 2.75) is 32.9 Å². The third-order valence-corrected chi connectivity index (χ3v) is 4.05. The van der Waals surface area contributed by atoms with Crippen molar-refractivity contribution in [2.24, 2.45) is 7.05 Å². The molecule has 0 aromatic carbocycles. The van der Waals surface area contributed by atoms with Gasteiger partial charge in [0, 0.05) is 19.4 Å². The summed E-state index contributed by atoms with van der Waals surface area (Å²) in [6, 6.07) is 3.31. The Hall–Kier alpha value is -2.70. The molecule has 1 N–H and O–H groups in total. The van der Waals surface area contributed by atoms with Crippen molar-refractivity contribution in [3.63, 3.8) is 0 Å². The van der Waals surface area contributed by atoms with Gasteiger partial charge in [-0.15, -0.1) is 0 Å². The van der Waals surface area contributed by atoms with Crippen LogP contribution in [0.2, 0.25) is 0 Å². The van der Waals surface area contributed by atoms with Crippen molar-refractivity contribution in [1.82, 2.24) is 29.9 Å². The van der Waals surface area contributed by atoms with Gasteiger partial charge in [0.15, 0.2) is 0 Å². The van der Waals surface area contributed by atoms with E-state index >= 15 is 0 Å². The van der Waals surface area contributed by atoms with Crippen LogP contribution in [0.1, 0.15) is 37.2 Å². The van der Waals surface area contributed by atoms with E-state index in [-0.39, 0.29) is 11.9 Å². The van der Waals surface area contributed by atoms with Gasteiger partial charge in [-0.2, -0.15) is 10.2 Å². The van der Waals surface area contributed by atoms with E-state index in [1.165, 1.54) is 0 Å². The molecule has 0 fully saturated rings. The molecule has 0 unspecified atom stereocenters. The normalized spacial score (nSPS) is 13.9. The first-order chi connectivity index (χ1) is 11.0. The average Bonchev–Trinajstić information content (AvgIpc) is 3.09. The van der Waals surface area contributed by atoms with Crippen LogP contribution in [-0.4, -0.2) is 30.5 Å². The first-order valence-electron chi connectivity index (χ1n) is 7.56. The zero-order chi connectivity index (χ0) is 16.6. The summed E-state index contributed by atoms with van der Waals surface area (Å²) in [4.78, 5) is 16.5. The summed E-state index contributed by atoms with van der Waals surface area (Å²) in [5, 5.41) is 11.8. The summed E-state index contributed by atoms with van der Waals surface area (Å²) in [5.41, 5.74) is 3.63. The number of hydrogen-bond acceptors (Lipinski definition) is 4. The maximum atomic E-state index is 12.5. The van der Waals surface area contributed by atoms with Crippen molar-refractivity contribution < 1.29 is 4.79 Å². The van der Waals surface area contributed by atoms with Gasteiger partial charge in [0.2, 0.25) is 5.91 Å². The Morgan fingerprint density at radius 3 is 2.57 bits per heavy atom. The highest BCUT2D eigenvalue weighted by Crippen LogP contribution is 2.19. The number of hydrogen-bond donors (Lipinski definition) is 1. The topological polar surface area (TPSA) is 77.6 Å². The minimum atomic E-state index is -0.397. The van der Waals surface area contributed by atoms with Gasteiger partial charge < -0.3 is 5.32 Å². The number of aryl methyl sites for hydroxylation is 2. The van der Waals surface area contributed by atoms with Crippen molar-refractivity contribution >= 4 is 16.9 Å². The molecule has 0 saturated carbocycles. The van der Waals surface area contributed by atoms with Crippen LogP contribution in [-0.2, 0) is 11.8 Å². The summed E-state index contributed by atoms with van der Waals surface area (Å²) in [7, 11) is 1.87. The Morgan fingerprint density at radius 1 is 1.22 bits per heavy atom. The highest BCUT2D eigenvalue weighted by Gasteiger charge is 2.20. The van der Waals surface area contributed by atoms with Gasteiger partial charge in [0.1, 0.15) is 17.1 Å². The predicted octanol–water partition coefficient (Wildman–Crippen LogP) is 1.91. The van der Waals surface area contributed by atoms with E-state index in [0.717, 1.165) is 22.3 Å². The monoisotopic (exact) mass is 312 g/mol. The molecule has 0 bridgehead atoms. The number of carbonyl (C=O) groups is 1. The van der Waals surface area contributed by atoms with E-state index in [0.29, 0.717) is 0 Å². The van der Waals surface area contributed by atoms with Crippen LogP contribution in [0.3, 0.4) is 0 Å². The van der Waals surface area contributed by atoms with E-state index in [4.69, 9.17) is 0 Å². The van der Waals surface area contributed by atoms with Gasteiger partial charge in [-0.05, 0) is 38.5 Å². The lowest BCUT2D eigenvalue weighted by molar-refractivity contribution is -0.124. The summed E-state index contributed by atoms with van der Waals surface area (Å²) in [6.07, 6.45) is 5.30. The number of nitrogens with zero attached hydrogens (tertiary/aromatic N) is 5. The van der Waals surface area contributed by atoms with E-state index in [2.05, 4.69) is 20.5 Å². The van der Waals surface area contributed by atoms with Gasteiger partial charge >= 0.3 is 0 Å². The maximum absolute atomic E-state index is 12.5. The van der Waals surface area contributed by atoms with E-state index in [1.54, 1.807) is 21.8 Å². The van der Waals surface area contributed by atoms with Gasteiger partial charge in [-0.3, -0.25) is 19.1 Å². The molecule has 0 aliphatic heterocycles. The number of carbonyl (C=O) groups excluding carboxylic acids is 1. The van der Waals surface area contributed by atoms with Crippen LogP contribution in [0.4, 0.5) is 0 Å². The molecule has 23 heavy (non-hydrogen) atoms. The Morgan fingerprint density at radius 2 is 1.91 bits per heavy atom. The molecule has 0 aliphatic rings. The van der Waals surface area contributed by atoms with Crippen molar-refractivity contribution in [2.75, 3.05) is 0 Å². The molecule has 7 heteroatoms. The fraction of sp³-hybridized carbons (Fsp3) is 0.375. The average molecular weight is 312 g/mol. The molecule has 0 aliphatic carbocycles. The summed E-state index contributed by atoms with van der Waals surface area (Å²) < 4.78 is 3.46. The smallest absolute Gasteiger partial charge is 0.245 e. The first-order valence-corrected chi connectivity index (χ1v) is 7.56. The molecule has 3 heterocycles. The molecule has 1 amide bonds. The largest absolute Gasteiger partial charge is 0.348 e. The third-order valence-electron chi connectivity index (χ3n) is 4.05. The van der Waals surface area contributed by atoms with Crippen molar-refractivity contribution in [3.8, 4) is 0 Å². The lowest BCUT2D eigenvalue weighted by Crippen LogP contribution is -2.33. The predicted molar refractivity (Wildman–Crippen MR) is 86.7 cm³/mol.